The Morgan fingerprint density at radius 3 is 2.42 bits per heavy atom. The number of rotatable bonds is 0. The molecule has 7 atom stereocenters. The van der Waals surface area contributed by atoms with E-state index in [2.05, 4.69) is 6.92 Å². The fraction of sp³-hybridized carbons (Fsp3) is 1.00. The van der Waals surface area contributed by atoms with Gasteiger partial charge in [-0.05, 0) is 74.0 Å². The molecule has 4 unspecified atom stereocenters. The van der Waals surface area contributed by atoms with E-state index in [1.807, 2.05) is 0 Å². The molecule has 0 aromatic rings. The van der Waals surface area contributed by atoms with Gasteiger partial charge in [0.05, 0.1) is 19.8 Å². The zero-order valence-electron chi connectivity index (χ0n) is 16.2. The summed E-state index contributed by atoms with van der Waals surface area (Å²) in [4.78, 5) is 0. The van der Waals surface area contributed by atoms with Gasteiger partial charge in [-0.3, -0.25) is 0 Å². The molecule has 2 saturated heterocycles. The lowest BCUT2D eigenvalue weighted by molar-refractivity contribution is -0.250. The summed E-state index contributed by atoms with van der Waals surface area (Å²) in [6, 6.07) is 0. The average Bonchev–Trinajstić information content (AvgIpc) is 3.28. The maximum atomic E-state index is 11.2. The molecular formula is C22H34O4. The van der Waals surface area contributed by atoms with Crippen molar-refractivity contribution in [2.24, 2.45) is 34.5 Å². The van der Waals surface area contributed by atoms with E-state index in [4.69, 9.17) is 14.2 Å². The van der Waals surface area contributed by atoms with Crippen LogP contribution in [0.4, 0.5) is 0 Å². The third kappa shape index (κ3) is 1.90. The lowest BCUT2D eigenvalue weighted by atomic mass is 9.44. The van der Waals surface area contributed by atoms with Crippen LogP contribution in [0.2, 0.25) is 0 Å². The van der Waals surface area contributed by atoms with Crippen molar-refractivity contribution in [2.45, 2.75) is 82.7 Å². The van der Waals surface area contributed by atoms with E-state index in [0.29, 0.717) is 11.3 Å². The molecule has 146 valence electrons. The molecule has 4 aliphatic carbocycles. The molecule has 4 nitrogen and oxygen atoms in total. The standard InChI is InChI=1S/C22H34O4/c1-19-8-9-21(24-12-13-25-21)14-15(19)2-3-16-17(19)4-6-20-10-11-26-22(20,23)7-5-18(16)20/h15-18,23H,2-14H2,1H3/t15?,16?,17?,18?,19-,20+,22-/m0/s1. The molecule has 0 aromatic carbocycles. The maximum Gasteiger partial charge on any atom is 0.171 e. The molecule has 4 saturated carbocycles. The van der Waals surface area contributed by atoms with Gasteiger partial charge in [0.15, 0.2) is 11.6 Å². The summed E-state index contributed by atoms with van der Waals surface area (Å²) in [6.07, 6.45) is 11.7. The zero-order valence-corrected chi connectivity index (χ0v) is 16.2. The molecule has 0 radical (unpaired) electrons. The van der Waals surface area contributed by atoms with Gasteiger partial charge < -0.3 is 19.3 Å². The third-order valence-corrected chi connectivity index (χ3v) is 10.1. The van der Waals surface area contributed by atoms with Crippen molar-refractivity contribution in [3.63, 3.8) is 0 Å². The molecule has 0 aromatic heterocycles. The highest BCUT2D eigenvalue weighted by Gasteiger charge is 2.69. The summed E-state index contributed by atoms with van der Waals surface area (Å²) in [7, 11) is 0. The third-order valence-electron chi connectivity index (χ3n) is 10.1. The number of hydrogen-bond donors (Lipinski definition) is 1. The van der Waals surface area contributed by atoms with Crippen molar-refractivity contribution in [3.05, 3.63) is 0 Å². The number of ether oxygens (including phenoxy) is 3. The summed E-state index contributed by atoms with van der Waals surface area (Å²) >= 11 is 0. The smallest absolute Gasteiger partial charge is 0.171 e. The lowest BCUT2D eigenvalue weighted by Gasteiger charge is -2.62. The second kappa shape index (κ2) is 5.25. The maximum absolute atomic E-state index is 11.2. The van der Waals surface area contributed by atoms with Crippen molar-refractivity contribution < 1.29 is 19.3 Å². The van der Waals surface area contributed by atoms with Crippen molar-refractivity contribution in [1.82, 2.24) is 0 Å². The van der Waals surface area contributed by atoms with Gasteiger partial charge >= 0.3 is 0 Å². The molecule has 2 heterocycles. The van der Waals surface area contributed by atoms with E-state index >= 15 is 0 Å². The molecule has 6 rings (SSSR count). The summed E-state index contributed by atoms with van der Waals surface area (Å²) in [5.41, 5.74) is 0.510. The highest BCUT2D eigenvalue weighted by Crippen LogP contribution is 2.71. The van der Waals surface area contributed by atoms with E-state index in [0.717, 1.165) is 63.3 Å². The van der Waals surface area contributed by atoms with Gasteiger partial charge in [-0.15, -0.1) is 0 Å². The molecule has 0 amide bonds. The van der Waals surface area contributed by atoms with Crippen LogP contribution in [-0.4, -0.2) is 36.5 Å². The first-order chi connectivity index (χ1) is 12.5. The topological polar surface area (TPSA) is 47.9 Å². The number of hydrogen-bond acceptors (Lipinski definition) is 4. The van der Waals surface area contributed by atoms with E-state index in [1.165, 1.54) is 38.5 Å². The molecular weight excluding hydrogens is 328 g/mol. The highest BCUT2D eigenvalue weighted by atomic mass is 16.7. The van der Waals surface area contributed by atoms with Crippen LogP contribution >= 0.6 is 0 Å². The minimum absolute atomic E-state index is 0.0743. The van der Waals surface area contributed by atoms with E-state index < -0.39 is 5.79 Å². The van der Waals surface area contributed by atoms with E-state index in [-0.39, 0.29) is 11.2 Å². The molecule has 4 heteroatoms. The van der Waals surface area contributed by atoms with Crippen LogP contribution in [0.3, 0.4) is 0 Å². The molecule has 2 spiro atoms. The Morgan fingerprint density at radius 1 is 0.769 bits per heavy atom. The fourth-order valence-electron chi connectivity index (χ4n) is 8.87. The van der Waals surface area contributed by atoms with Crippen LogP contribution in [0.5, 0.6) is 0 Å². The first-order valence-corrected chi connectivity index (χ1v) is 11.1. The largest absolute Gasteiger partial charge is 0.365 e. The van der Waals surface area contributed by atoms with Gasteiger partial charge in [0.1, 0.15) is 0 Å². The summed E-state index contributed by atoms with van der Waals surface area (Å²) in [6.45, 7) is 4.90. The monoisotopic (exact) mass is 362 g/mol. The Bertz CT molecular complexity index is 601. The van der Waals surface area contributed by atoms with Crippen molar-refractivity contribution >= 4 is 0 Å². The van der Waals surface area contributed by atoms with Crippen LogP contribution in [0.15, 0.2) is 0 Å². The first-order valence-electron chi connectivity index (χ1n) is 11.1. The Balaban J connectivity index is 1.29. The quantitative estimate of drug-likeness (QED) is 0.711. The Labute approximate surface area is 157 Å². The zero-order chi connectivity index (χ0) is 17.6. The minimum atomic E-state index is -0.803. The van der Waals surface area contributed by atoms with Crippen LogP contribution in [-0.2, 0) is 14.2 Å². The van der Waals surface area contributed by atoms with Gasteiger partial charge in [-0.2, -0.15) is 0 Å². The summed E-state index contributed by atoms with van der Waals surface area (Å²) < 4.78 is 18.1. The van der Waals surface area contributed by atoms with Gasteiger partial charge in [0.25, 0.3) is 0 Å². The number of fused-ring (bicyclic) bond motifs is 4. The van der Waals surface area contributed by atoms with Crippen LogP contribution < -0.4 is 0 Å². The predicted molar refractivity (Wildman–Crippen MR) is 96.2 cm³/mol. The van der Waals surface area contributed by atoms with Crippen LogP contribution in [0.1, 0.15) is 71.1 Å². The van der Waals surface area contributed by atoms with Gasteiger partial charge in [0, 0.05) is 24.7 Å². The molecule has 2 aliphatic heterocycles. The SMILES string of the molecule is C[C@]12CCC3(CC1CCC1C2CC[C@]24CCO[C@@]2(O)CCC14)OCCO3. The van der Waals surface area contributed by atoms with Gasteiger partial charge in [0.2, 0.25) is 0 Å². The van der Waals surface area contributed by atoms with Gasteiger partial charge in [-0.1, -0.05) is 6.92 Å². The van der Waals surface area contributed by atoms with E-state index in [1.54, 1.807) is 0 Å². The van der Waals surface area contributed by atoms with Crippen molar-refractivity contribution in [1.29, 1.82) is 0 Å². The van der Waals surface area contributed by atoms with Crippen LogP contribution in [0, 0.1) is 34.5 Å². The molecule has 1 N–H and O–H groups in total. The van der Waals surface area contributed by atoms with Crippen molar-refractivity contribution in [3.8, 4) is 0 Å². The van der Waals surface area contributed by atoms with Crippen molar-refractivity contribution in [2.75, 3.05) is 19.8 Å². The fourth-order valence-corrected chi connectivity index (χ4v) is 8.87. The number of aliphatic hydroxyl groups is 1. The summed E-state index contributed by atoms with van der Waals surface area (Å²) in [5.74, 6) is 1.98. The molecule has 26 heavy (non-hydrogen) atoms. The minimum Gasteiger partial charge on any atom is -0.365 e. The lowest BCUT2D eigenvalue weighted by Crippen LogP contribution is -2.57. The Morgan fingerprint density at radius 2 is 1.58 bits per heavy atom. The van der Waals surface area contributed by atoms with E-state index in [9.17, 15) is 5.11 Å². The second-order valence-electron chi connectivity index (χ2n) is 10.6. The Kier molecular flexibility index (Phi) is 3.39. The van der Waals surface area contributed by atoms with Crippen LogP contribution in [0.25, 0.3) is 0 Å². The first kappa shape index (κ1) is 16.8. The highest BCUT2D eigenvalue weighted by molar-refractivity contribution is 5.15. The summed E-state index contributed by atoms with van der Waals surface area (Å²) in [5, 5.41) is 11.2. The molecule has 0 bridgehead atoms. The van der Waals surface area contributed by atoms with Gasteiger partial charge in [-0.25, -0.2) is 0 Å². The molecule has 6 aliphatic rings. The predicted octanol–water partition coefficient (Wildman–Crippen LogP) is 3.86. The normalized spacial score (nSPS) is 57.5. The molecule has 6 fully saturated rings. The Hall–Kier alpha value is -0.160. The average molecular weight is 363 g/mol. The second-order valence-corrected chi connectivity index (χ2v) is 10.6.